The number of nitro groups is 1. The highest BCUT2D eigenvalue weighted by Gasteiger charge is 2.16. The summed E-state index contributed by atoms with van der Waals surface area (Å²) in [6.07, 6.45) is 1.41. The van der Waals surface area contributed by atoms with Gasteiger partial charge >= 0.3 is 0 Å². The zero-order valence-corrected chi connectivity index (χ0v) is 17.1. The first kappa shape index (κ1) is 21.0. The van der Waals surface area contributed by atoms with Crippen molar-refractivity contribution in [2.75, 3.05) is 0 Å². The Morgan fingerprint density at radius 1 is 1.13 bits per heavy atom. The molecule has 0 radical (unpaired) electrons. The van der Waals surface area contributed by atoms with Gasteiger partial charge in [-0.2, -0.15) is 5.10 Å². The number of aromatic hydroxyl groups is 1. The van der Waals surface area contributed by atoms with E-state index in [1.54, 1.807) is 24.3 Å². The number of amides is 1. The van der Waals surface area contributed by atoms with Gasteiger partial charge in [0.15, 0.2) is 0 Å². The van der Waals surface area contributed by atoms with E-state index in [2.05, 4.69) is 26.5 Å². The van der Waals surface area contributed by atoms with Gasteiger partial charge in [-0.1, -0.05) is 28.1 Å². The minimum atomic E-state index is -0.762. The standard InChI is InChI=1S/C21H16BrN3O5/c22-16-5-1-15(2-6-16)13-30-18-8-3-14(4-9-18)12-23-24-21(27)19-11-17(25(28)29)7-10-20(19)26/h1-12,26H,13H2,(H,24,27)/b23-12+. The second-order valence-electron chi connectivity index (χ2n) is 6.14. The Hall–Kier alpha value is -3.72. The number of halogens is 1. The van der Waals surface area contributed by atoms with Crippen LogP contribution in [0.2, 0.25) is 0 Å². The van der Waals surface area contributed by atoms with Gasteiger partial charge in [0.1, 0.15) is 18.1 Å². The van der Waals surface area contributed by atoms with Gasteiger partial charge < -0.3 is 9.84 Å². The molecule has 0 atom stereocenters. The van der Waals surface area contributed by atoms with E-state index >= 15 is 0 Å². The Bertz CT molecular complexity index is 1080. The van der Waals surface area contributed by atoms with Crippen LogP contribution in [-0.4, -0.2) is 22.2 Å². The second kappa shape index (κ2) is 9.66. The van der Waals surface area contributed by atoms with Crippen molar-refractivity contribution in [1.82, 2.24) is 5.43 Å². The van der Waals surface area contributed by atoms with Crippen molar-refractivity contribution in [3.05, 3.63) is 98.0 Å². The fraction of sp³-hybridized carbons (Fsp3) is 0.0476. The topological polar surface area (TPSA) is 114 Å². The van der Waals surface area contributed by atoms with Crippen molar-refractivity contribution in [2.45, 2.75) is 6.61 Å². The molecule has 3 aromatic rings. The SMILES string of the molecule is O=C(N/N=C/c1ccc(OCc2ccc(Br)cc2)cc1)c1cc([N+](=O)[O-])ccc1O. The van der Waals surface area contributed by atoms with Crippen LogP contribution in [0.5, 0.6) is 11.5 Å². The Balaban J connectivity index is 1.56. The molecule has 0 fully saturated rings. The number of phenols is 1. The first-order chi connectivity index (χ1) is 14.4. The molecule has 152 valence electrons. The Morgan fingerprint density at radius 3 is 2.50 bits per heavy atom. The van der Waals surface area contributed by atoms with Crippen LogP contribution in [0.3, 0.4) is 0 Å². The van der Waals surface area contributed by atoms with Gasteiger partial charge in [0, 0.05) is 16.6 Å². The average molecular weight is 470 g/mol. The zero-order valence-electron chi connectivity index (χ0n) is 15.5. The Morgan fingerprint density at radius 2 is 1.83 bits per heavy atom. The molecular weight excluding hydrogens is 454 g/mol. The molecule has 0 heterocycles. The number of non-ortho nitro benzene ring substituents is 1. The lowest BCUT2D eigenvalue weighted by Gasteiger charge is -2.06. The molecule has 8 nitrogen and oxygen atoms in total. The van der Waals surface area contributed by atoms with Crippen molar-refractivity contribution in [3.8, 4) is 11.5 Å². The Labute approximate surface area is 180 Å². The number of nitrogens with zero attached hydrogens (tertiary/aromatic N) is 2. The number of benzene rings is 3. The zero-order chi connectivity index (χ0) is 21.5. The fourth-order valence-corrected chi connectivity index (χ4v) is 2.71. The molecule has 3 aromatic carbocycles. The largest absolute Gasteiger partial charge is 0.507 e. The summed E-state index contributed by atoms with van der Waals surface area (Å²) >= 11 is 3.39. The summed E-state index contributed by atoms with van der Waals surface area (Å²) in [6, 6.07) is 18.1. The summed E-state index contributed by atoms with van der Waals surface area (Å²) in [5.74, 6) is -0.455. The molecule has 0 aliphatic rings. The summed E-state index contributed by atoms with van der Waals surface area (Å²) in [5, 5.41) is 24.3. The number of hydrogen-bond acceptors (Lipinski definition) is 6. The molecule has 0 spiro atoms. The lowest BCUT2D eigenvalue weighted by Crippen LogP contribution is -2.18. The van der Waals surface area contributed by atoms with Crippen molar-refractivity contribution >= 4 is 33.7 Å². The van der Waals surface area contributed by atoms with Crippen LogP contribution >= 0.6 is 15.9 Å². The third kappa shape index (κ3) is 5.65. The normalized spacial score (nSPS) is 10.7. The highest BCUT2D eigenvalue weighted by molar-refractivity contribution is 9.10. The quantitative estimate of drug-likeness (QED) is 0.302. The molecule has 0 bridgehead atoms. The van der Waals surface area contributed by atoms with Crippen LogP contribution in [0, 0.1) is 10.1 Å². The molecule has 3 rings (SSSR count). The van der Waals surface area contributed by atoms with E-state index in [1.807, 2.05) is 24.3 Å². The third-order valence-electron chi connectivity index (χ3n) is 4.01. The van der Waals surface area contributed by atoms with Crippen LogP contribution in [0.1, 0.15) is 21.5 Å². The molecule has 0 saturated carbocycles. The number of carbonyl (C=O) groups excluding carboxylic acids is 1. The summed E-state index contributed by atoms with van der Waals surface area (Å²) in [6.45, 7) is 0.434. The van der Waals surface area contributed by atoms with Gasteiger partial charge in [-0.25, -0.2) is 5.43 Å². The predicted octanol–water partition coefficient (Wildman–Crippen LogP) is 4.41. The van der Waals surface area contributed by atoms with Crippen molar-refractivity contribution in [3.63, 3.8) is 0 Å². The lowest BCUT2D eigenvalue weighted by molar-refractivity contribution is -0.384. The molecule has 30 heavy (non-hydrogen) atoms. The number of nitrogens with one attached hydrogen (secondary N) is 1. The predicted molar refractivity (Wildman–Crippen MR) is 115 cm³/mol. The third-order valence-corrected chi connectivity index (χ3v) is 4.54. The highest BCUT2D eigenvalue weighted by atomic mass is 79.9. The maximum atomic E-state index is 12.1. The maximum absolute atomic E-state index is 12.1. The minimum absolute atomic E-state index is 0.238. The molecule has 1 amide bonds. The van der Waals surface area contributed by atoms with Gasteiger partial charge in [0.25, 0.3) is 11.6 Å². The van der Waals surface area contributed by atoms with E-state index < -0.39 is 10.8 Å². The smallest absolute Gasteiger partial charge is 0.275 e. The van der Waals surface area contributed by atoms with E-state index in [4.69, 9.17) is 4.74 Å². The van der Waals surface area contributed by atoms with Crippen LogP contribution in [0.25, 0.3) is 0 Å². The number of carbonyl (C=O) groups is 1. The van der Waals surface area contributed by atoms with Crippen molar-refractivity contribution < 1.29 is 19.6 Å². The fourth-order valence-electron chi connectivity index (χ4n) is 2.44. The summed E-state index contributed by atoms with van der Waals surface area (Å²) in [7, 11) is 0. The number of nitro benzene ring substituents is 1. The lowest BCUT2D eigenvalue weighted by atomic mass is 10.1. The maximum Gasteiger partial charge on any atom is 0.275 e. The molecule has 0 aromatic heterocycles. The van der Waals surface area contributed by atoms with Gasteiger partial charge in [-0.3, -0.25) is 14.9 Å². The van der Waals surface area contributed by atoms with E-state index in [9.17, 15) is 20.0 Å². The number of hydrogen-bond donors (Lipinski definition) is 2. The average Bonchev–Trinajstić information content (AvgIpc) is 2.74. The number of rotatable bonds is 7. The second-order valence-corrected chi connectivity index (χ2v) is 7.06. The summed E-state index contributed by atoms with van der Waals surface area (Å²) in [4.78, 5) is 22.2. The molecule has 2 N–H and O–H groups in total. The molecule has 0 unspecified atom stereocenters. The molecular formula is C21H16BrN3O5. The van der Waals surface area contributed by atoms with Gasteiger partial charge in [0.2, 0.25) is 0 Å². The van der Waals surface area contributed by atoms with Crippen LogP contribution in [0.15, 0.2) is 76.3 Å². The summed E-state index contributed by atoms with van der Waals surface area (Å²) < 4.78 is 6.72. The Kier molecular flexibility index (Phi) is 6.76. The van der Waals surface area contributed by atoms with E-state index in [1.165, 1.54) is 6.21 Å². The first-order valence-electron chi connectivity index (χ1n) is 8.70. The van der Waals surface area contributed by atoms with Gasteiger partial charge in [0.05, 0.1) is 16.7 Å². The highest BCUT2D eigenvalue weighted by Crippen LogP contribution is 2.22. The molecule has 0 aliphatic heterocycles. The number of ether oxygens (including phenoxy) is 1. The van der Waals surface area contributed by atoms with E-state index in [-0.39, 0.29) is 17.0 Å². The molecule has 0 aliphatic carbocycles. The number of phenolic OH excluding ortho intramolecular Hbond substituents is 1. The number of hydrazone groups is 1. The monoisotopic (exact) mass is 469 g/mol. The molecule has 9 heteroatoms. The molecule has 0 saturated heterocycles. The first-order valence-corrected chi connectivity index (χ1v) is 9.50. The van der Waals surface area contributed by atoms with E-state index in [0.717, 1.165) is 28.2 Å². The summed E-state index contributed by atoms with van der Waals surface area (Å²) in [5.41, 5.74) is 3.43. The van der Waals surface area contributed by atoms with Crippen LogP contribution < -0.4 is 10.2 Å². The van der Waals surface area contributed by atoms with Crippen molar-refractivity contribution in [1.29, 1.82) is 0 Å². The minimum Gasteiger partial charge on any atom is -0.507 e. The van der Waals surface area contributed by atoms with Crippen molar-refractivity contribution in [2.24, 2.45) is 5.10 Å². The van der Waals surface area contributed by atoms with Crippen LogP contribution in [0.4, 0.5) is 5.69 Å². The van der Waals surface area contributed by atoms with Gasteiger partial charge in [-0.15, -0.1) is 0 Å². The van der Waals surface area contributed by atoms with E-state index in [0.29, 0.717) is 17.9 Å². The van der Waals surface area contributed by atoms with Crippen LogP contribution in [-0.2, 0) is 6.61 Å². The van der Waals surface area contributed by atoms with Gasteiger partial charge in [-0.05, 0) is 53.6 Å².